The van der Waals surface area contributed by atoms with Gasteiger partial charge in [-0.2, -0.15) is 0 Å². The van der Waals surface area contributed by atoms with Crippen molar-refractivity contribution in [1.82, 2.24) is 20.1 Å². The number of nitrogens with zero attached hydrogens (tertiary/aromatic N) is 3. The topological polar surface area (TPSA) is 44.5 Å². The third kappa shape index (κ3) is 4.37. The lowest BCUT2D eigenvalue weighted by molar-refractivity contribution is 0.261. The minimum Gasteiger partial charge on any atom is -0.459 e. The molecule has 3 aromatic rings. The van der Waals surface area contributed by atoms with Gasteiger partial charge in [-0.1, -0.05) is 6.07 Å². The van der Waals surface area contributed by atoms with Crippen molar-refractivity contribution in [3.05, 3.63) is 78.1 Å². The van der Waals surface area contributed by atoms with Crippen molar-refractivity contribution in [3.63, 3.8) is 0 Å². The summed E-state index contributed by atoms with van der Waals surface area (Å²) >= 11 is 5.68. The predicted molar refractivity (Wildman–Crippen MR) is 119 cm³/mol. The van der Waals surface area contributed by atoms with Gasteiger partial charge in [0.2, 0.25) is 0 Å². The molecular weight excluding hydrogens is 399 g/mol. The van der Waals surface area contributed by atoms with Crippen molar-refractivity contribution in [1.29, 1.82) is 0 Å². The zero-order valence-electron chi connectivity index (χ0n) is 17.1. The molecule has 1 fully saturated rings. The smallest absolute Gasteiger partial charge is 0.170 e. The van der Waals surface area contributed by atoms with E-state index < -0.39 is 0 Å². The van der Waals surface area contributed by atoms with Crippen LogP contribution in [-0.4, -0.2) is 47.1 Å². The van der Waals surface area contributed by atoms with Gasteiger partial charge in [-0.05, 0) is 87.8 Å². The molecule has 1 N–H and O–H groups in total. The molecular formula is C23H25FN4OS. The summed E-state index contributed by atoms with van der Waals surface area (Å²) in [6.45, 7) is 1.78. The van der Waals surface area contributed by atoms with Gasteiger partial charge in [0.15, 0.2) is 5.11 Å². The van der Waals surface area contributed by atoms with Gasteiger partial charge in [0.05, 0.1) is 11.7 Å². The Morgan fingerprint density at radius 1 is 1.13 bits per heavy atom. The number of pyridine rings is 1. The third-order valence-corrected chi connectivity index (χ3v) is 5.60. The first-order valence-electron chi connectivity index (χ1n) is 10.0. The van der Waals surface area contributed by atoms with Gasteiger partial charge in [-0.3, -0.25) is 4.98 Å². The molecule has 0 spiro atoms. The Kier molecular flexibility index (Phi) is 6.11. The fourth-order valence-electron chi connectivity index (χ4n) is 3.79. The van der Waals surface area contributed by atoms with Crippen LogP contribution in [0.25, 0.3) is 11.3 Å². The second-order valence-corrected chi connectivity index (χ2v) is 8.07. The molecule has 3 heterocycles. The molecule has 30 heavy (non-hydrogen) atoms. The minimum absolute atomic E-state index is 0.106. The van der Waals surface area contributed by atoms with Crippen LogP contribution in [-0.2, 0) is 0 Å². The highest BCUT2D eigenvalue weighted by Crippen LogP contribution is 2.40. The van der Waals surface area contributed by atoms with Crippen molar-refractivity contribution >= 4 is 17.3 Å². The molecule has 2 aromatic heterocycles. The summed E-state index contributed by atoms with van der Waals surface area (Å²) in [6.07, 6.45) is 2.77. The monoisotopic (exact) mass is 424 g/mol. The average molecular weight is 425 g/mol. The SMILES string of the molecule is CN(C)CCCN1C(=S)N[C@@H](c2ccccn2)[C@H]1c1ccc(-c2ccc(F)cc2)o1. The van der Waals surface area contributed by atoms with E-state index in [1.807, 2.05) is 30.3 Å². The Hall–Kier alpha value is -2.77. The van der Waals surface area contributed by atoms with Crippen LogP contribution in [0.3, 0.4) is 0 Å². The fraction of sp³-hybridized carbons (Fsp3) is 0.304. The highest BCUT2D eigenvalue weighted by Gasteiger charge is 2.41. The van der Waals surface area contributed by atoms with Gasteiger partial charge >= 0.3 is 0 Å². The van der Waals surface area contributed by atoms with Gasteiger partial charge in [-0.25, -0.2) is 4.39 Å². The molecule has 156 valence electrons. The van der Waals surface area contributed by atoms with E-state index in [9.17, 15) is 4.39 Å². The maximum Gasteiger partial charge on any atom is 0.170 e. The molecule has 1 aliphatic heterocycles. The number of hydrogen-bond donors (Lipinski definition) is 1. The third-order valence-electron chi connectivity index (χ3n) is 5.25. The Morgan fingerprint density at radius 2 is 1.93 bits per heavy atom. The Morgan fingerprint density at radius 3 is 2.63 bits per heavy atom. The van der Waals surface area contributed by atoms with Crippen LogP contribution in [0.4, 0.5) is 4.39 Å². The van der Waals surface area contributed by atoms with Crippen molar-refractivity contribution in [3.8, 4) is 11.3 Å². The predicted octanol–water partition coefficient (Wildman–Crippen LogP) is 4.40. The molecule has 2 atom stereocenters. The Bertz CT molecular complexity index is 990. The first-order chi connectivity index (χ1) is 14.5. The van der Waals surface area contributed by atoms with E-state index in [1.54, 1.807) is 18.3 Å². The lowest BCUT2D eigenvalue weighted by Gasteiger charge is -2.26. The average Bonchev–Trinajstić information content (AvgIpc) is 3.34. The fourth-order valence-corrected chi connectivity index (χ4v) is 4.13. The maximum atomic E-state index is 13.3. The minimum atomic E-state index is -0.266. The quantitative estimate of drug-likeness (QED) is 0.567. The molecule has 1 aromatic carbocycles. The molecule has 7 heteroatoms. The number of nitrogens with one attached hydrogen (secondary N) is 1. The Labute approximate surface area is 181 Å². The van der Waals surface area contributed by atoms with Gasteiger partial charge in [0.1, 0.15) is 23.4 Å². The molecule has 0 saturated carbocycles. The number of rotatable bonds is 7. The summed E-state index contributed by atoms with van der Waals surface area (Å²) in [5, 5.41) is 4.14. The highest BCUT2D eigenvalue weighted by molar-refractivity contribution is 7.80. The zero-order chi connectivity index (χ0) is 21.1. The van der Waals surface area contributed by atoms with Crippen LogP contribution >= 0.6 is 12.2 Å². The van der Waals surface area contributed by atoms with E-state index in [0.29, 0.717) is 10.9 Å². The normalized spacial score (nSPS) is 18.8. The van der Waals surface area contributed by atoms with Crippen LogP contribution in [0.2, 0.25) is 0 Å². The van der Waals surface area contributed by atoms with E-state index in [0.717, 1.165) is 36.5 Å². The second kappa shape index (κ2) is 8.93. The molecule has 1 aliphatic rings. The molecule has 0 amide bonds. The van der Waals surface area contributed by atoms with Crippen molar-refractivity contribution in [2.24, 2.45) is 0 Å². The summed E-state index contributed by atoms with van der Waals surface area (Å²) in [7, 11) is 4.13. The summed E-state index contributed by atoms with van der Waals surface area (Å²) in [4.78, 5) is 8.90. The molecule has 5 nitrogen and oxygen atoms in total. The summed E-state index contributed by atoms with van der Waals surface area (Å²) in [5.41, 5.74) is 1.75. The molecule has 0 unspecified atom stereocenters. The lowest BCUT2D eigenvalue weighted by Crippen LogP contribution is -2.32. The van der Waals surface area contributed by atoms with E-state index in [1.165, 1.54) is 12.1 Å². The van der Waals surface area contributed by atoms with Crippen molar-refractivity contribution in [2.45, 2.75) is 18.5 Å². The summed E-state index contributed by atoms with van der Waals surface area (Å²) < 4.78 is 19.5. The first-order valence-corrected chi connectivity index (χ1v) is 10.4. The number of benzene rings is 1. The maximum absolute atomic E-state index is 13.3. The van der Waals surface area contributed by atoms with E-state index >= 15 is 0 Å². The Balaban J connectivity index is 1.65. The second-order valence-electron chi connectivity index (χ2n) is 7.69. The number of aromatic nitrogens is 1. The zero-order valence-corrected chi connectivity index (χ0v) is 17.9. The van der Waals surface area contributed by atoms with Gasteiger partial charge in [-0.15, -0.1) is 0 Å². The number of halogens is 1. The first kappa shape index (κ1) is 20.5. The summed E-state index contributed by atoms with van der Waals surface area (Å²) in [5.74, 6) is 1.25. The van der Waals surface area contributed by atoms with E-state index in [4.69, 9.17) is 16.6 Å². The standard InChI is InChI=1S/C23H25FN4OS/c1-27(2)14-5-15-28-22(21(26-23(28)30)18-6-3-4-13-25-18)20-12-11-19(29-20)16-7-9-17(24)10-8-16/h3-4,6-13,21-22H,5,14-15H2,1-2H3,(H,26,30)/t21-,22+/m0/s1. The lowest BCUT2D eigenvalue weighted by atomic mass is 10.0. The van der Waals surface area contributed by atoms with Crippen LogP contribution in [0, 0.1) is 5.82 Å². The summed E-state index contributed by atoms with van der Waals surface area (Å²) in [6, 6.07) is 15.9. The van der Waals surface area contributed by atoms with Crippen molar-refractivity contribution in [2.75, 3.05) is 27.2 Å². The molecule has 0 bridgehead atoms. The molecule has 4 rings (SSSR count). The number of hydrogen-bond acceptors (Lipinski definition) is 4. The highest BCUT2D eigenvalue weighted by atomic mass is 32.1. The van der Waals surface area contributed by atoms with Crippen molar-refractivity contribution < 1.29 is 8.81 Å². The molecule has 0 radical (unpaired) electrons. The number of furan rings is 1. The van der Waals surface area contributed by atoms with Crippen LogP contribution in [0.1, 0.15) is 30.0 Å². The van der Waals surface area contributed by atoms with E-state index in [2.05, 4.69) is 34.2 Å². The van der Waals surface area contributed by atoms with Gasteiger partial charge < -0.3 is 19.5 Å². The molecule has 0 aliphatic carbocycles. The largest absolute Gasteiger partial charge is 0.459 e. The van der Waals surface area contributed by atoms with Crippen LogP contribution in [0.15, 0.2) is 65.2 Å². The van der Waals surface area contributed by atoms with Crippen LogP contribution < -0.4 is 5.32 Å². The van der Waals surface area contributed by atoms with Gasteiger partial charge in [0.25, 0.3) is 0 Å². The number of thiocarbonyl (C=S) groups is 1. The van der Waals surface area contributed by atoms with Gasteiger partial charge in [0, 0.05) is 18.3 Å². The van der Waals surface area contributed by atoms with E-state index in [-0.39, 0.29) is 17.9 Å². The van der Waals surface area contributed by atoms with Crippen LogP contribution in [0.5, 0.6) is 0 Å². The molecule has 1 saturated heterocycles.